The number of rotatable bonds is 8. The number of likely N-dealkylation sites (tertiary alicyclic amines) is 1. The molecular weight excluding hydrogens is 631 g/mol. The fourth-order valence-electron chi connectivity index (χ4n) is 7.98. The zero-order chi connectivity index (χ0) is 33.4. The van der Waals surface area contributed by atoms with E-state index in [0.717, 1.165) is 64.5 Å². The molecule has 4 aliphatic rings. The topological polar surface area (TPSA) is 101 Å². The van der Waals surface area contributed by atoms with Crippen LogP contribution in [0.15, 0.2) is 48.6 Å². The molecular formula is C36H42ClFN8O2. The second-order valence-corrected chi connectivity index (χ2v) is 14.0. The Balaban J connectivity index is 1.23. The number of fused-ring (bicyclic) bond motifs is 2. The van der Waals surface area contributed by atoms with Gasteiger partial charge in [-0.3, -0.25) is 9.69 Å². The number of ether oxygens (including phenoxy) is 1. The lowest BCUT2D eigenvalue weighted by Crippen LogP contribution is -2.56. The zero-order valence-corrected chi connectivity index (χ0v) is 28.3. The minimum Gasteiger partial charge on any atom is -0.467 e. The molecule has 7 rings (SSSR count). The Morgan fingerprint density at radius 3 is 2.71 bits per heavy atom. The number of hydrogen-bond donors (Lipinski definition) is 1. The number of halogens is 2. The van der Waals surface area contributed by atoms with Gasteiger partial charge in [0.05, 0.1) is 42.9 Å². The molecule has 3 atom stereocenters. The van der Waals surface area contributed by atoms with Crippen LogP contribution in [-0.2, 0) is 11.3 Å². The molecule has 0 aliphatic carbocycles. The van der Waals surface area contributed by atoms with Crippen LogP contribution in [0.25, 0.3) is 10.8 Å². The van der Waals surface area contributed by atoms with E-state index in [-0.39, 0.29) is 29.8 Å². The van der Waals surface area contributed by atoms with Gasteiger partial charge in [0.2, 0.25) is 5.91 Å². The lowest BCUT2D eigenvalue weighted by Gasteiger charge is -2.46. The molecule has 12 heteroatoms. The SMILES string of the molecule is COc1nc2c(c(N3CCN(C(=O)/C=C/CN4CC(F)C4)[C@@H](CC#N)C3)n1)C(C1(C)CCCN1)CN(c1cccc3cccc(Cl)c13)C2. The smallest absolute Gasteiger partial charge is 0.318 e. The third-order valence-electron chi connectivity index (χ3n) is 10.5. The molecule has 3 fully saturated rings. The number of nitrogens with zero attached hydrogens (tertiary/aromatic N) is 7. The third-order valence-corrected chi connectivity index (χ3v) is 10.8. The fraction of sp³-hybridized carbons (Fsp3) is 0.500. The van der Waals surface area contributed by atoms with Gasteiger partial charge in [-0.2, -0.15) is 15.2 Å². The van der Waals surface area contributed by atoms with Crippen molar-refractivity contribution in [1.29, 1.82) is 5.26 Å². The van der Waals surface area contributed by atoms with Crippen LogP contribution >= 0.6 is 11.6 Å². The molecule has 4 aliphatic heterocycles. The van der Waals surface area contributed by atoms with Gasteiger partial charge in [-0.25, -0.2) is 4.39 Å². The van der Waals surface area contributed by atoms with Crippen LogP contribution in [0.5, 0.6) is 6.01 Å². The molecule has 1 N–H and O–H groups in total. The van der Waals surface area contributed by atoms with Crippen molar-refractivity contribution in [2.24, 2.45) is 0 Å². The summed E-state index contributed by atoms with van der Waals surface area (Å²) in [6.45, 7) is 7.38. The maximum absolute atomic E-state index is 13.3. The van der Waals surface area contributed by atoms with Crippen LogP contribution in [0.2, 0.25) is 5.02 Å². The van der Waals surface area contributed by atoms with Crippen molar-refractivity contribution >= 4 is 39.8 Å². The Morgan fingerprint density at radius 2 is 1.98 bits per heavy atom. The van der Waals surface area contributed by atoms with E-state index >= 15 is 0 Å². The van der Waals surface area contributed by atoms with Crippen LogP contribution in [0.1, 0.15) is 43.4 Å². The number of aromatic nitrogens is 2. The Morgan fingerprint density at radius 1 is 1.17 bits per heavy atom. The molecule has 0 radical (unpaired) electrons. The molecule has 2 aromatic carbocycles. The van der Waals surface area contributed by atoms with E-state index in [2.05, 4.69) is 52.4 Å². The molecule has 48 heavy (non-hydrogen) atoms. The number of benzene rings is 2. The van der Waals surface area contributed by atoms with Gasteiger partial charge in [-0.1, -0.05) is 41.9 Å². The summed E-state index contributed by atoms with van der Waals surface area (Å²) in [7, 11) is 1.59. The molecule has 0 spiro atoms. The first-order valence-electron chi connectivity index (χ1n) is 16.9. The van der Waals surface area contributed by atoms with Crippen LogP contribution in [0, 0.1) is 11.3 Å². The summed E-state index contributed by atoms with van der Waals surface area (Å²) in [6, 6.07) is 14.6. The highest BCUT2D eigenvalue weighted by Crippen LogP contribution is 2.46. The number of nitrogens with one attached hydrogen (secondary N) is 1. The Bertz CT molecular complexity index is 1750. The van der Waals surface area contributed by atoms with Crippen LogP contribution in [0.4, 0.5) is 15.9 Å². The average Bonchev–Trinajstić information content (AvgIpc) is 3.53. The highest BCUT2D eigenvalue weighted by molar-refractivity contribution is 6.36. The normalized spacial score (nSPS) is 24.9. The van der Waals surface area contributed by atoms with Crippen molar-refractivity contribution in [3.63, 3.8) is 0 Å². The molecule has 1 amide bonds. The van der Waals surface area contributed by atoms with Gasteiger partial charge in [-0.15, -0.1) is 0 Å². The minimum atomic E-state index is -0.778. The summed E-state index contributed by atoms with van der Waals surface area (Å²) in [4.78, 5) is 31.6. The number of amides is 1. The predicted octanol–water partition coefficient (Wildman–Crippen LogP) is 4.68. The highest BCUT2D eigenvalue weighted by Gasteiger charge is 2.45. The monoisotopic (exact) mass is 672 g/mol. The van der Waals surface area contributed by atoms with Gasteiger partial charge in [0.15, 0.2) is 0 Å². The number of alkyl halides is 1. The maximum atomic E-state index is 13.3. The molecule has 5 heterocycles. The Hall–Kier alpha value is -3.98. The number of methoxy groups -OCH3 is 1. The lowest BCUT2D eigenvalue weighted by atomic mass is 9.76. The minimum absolute atomic E-state index is 0.0461. The second kappa shape index (κ2) is 13.5. The van der Waals surface area contributed by atoms with E-state index in [1.807, 2.05) is 17.0 Å². The molecule has 252 valence electrons. The number of nitriles is 1. The van der Waals surface area contributed by atoms with Crippen LogP contribution in [0.3, 0.4) is 0 Å². The maximum Gasteiger partial charge on any atom is 0.318 e. The van der Waals surface area contributed by atoms with Crippen molar-refractivity contribution in [3.8, 4) is 12.1 Å². The van der Waals surface area contributed by atoms with Gasteiger partial charge < -0.3 is 24.8 Å². The standard InChI is InChI=1S/C36H42ClFN8O2/c1-36(13-6-15-40-36)27-22-45(30-10-4-8-24-7-3-9-28(37)32(24)30)23-29-33(27)34(42-35(41-29)48-2)44-17-18-46(26(21-44)12-14-39)31(47)11-5-16-43-19-25(38)20-43/h3-5,7-11,25-27,40H,6,12-13,15-23H2,1-2H3/b11-5+/t26-,27?,36?/m0/s1. The average molecular weight is 673 g/mol. The molecule has 1 aromatic heterocycles. The number of carbonyl (C=O) groups excluding carboxylic acids is 1. The summed E-state index contributed by atoms with van der Waals surface area (Å²) >= 11 is 6.81. The molecule has 2 unspecified atom stereocenters. The fourth-order valence-corrected chi connectivity index (χ4v) is 8.26. The quantitative estimate of drug-likeness (QED) is 0.342. The molecule has 0 saturated carbocycles. The Labute approximate surface area is 286 Å². The van der Waals surface area contributed by atoms with Crippen LogP contribution < -0.4 is 19.9 Å². The number of carbonyl (C=O) groups is 1. The molecule has 3 aromatic rings. The first-order valence-corrected chi connectivity index (χ1v) is 17.2. The first-order chi connectivity index (χ1) is 23.3. The summed E-state index contributed by atoms with van der Waals surface area (Å²) in [6.07, 6.45) is 4.89. The lowest BCUT2D eigenvalue weighted by molar-refractivity contribution is -0.128. The van der Waals surface area contributed by atoms with Gasteiger partial charge in [-0.05, 0) is 43.8 Å². The second-order valence-electron chi connectivity index (χ2n) is 13.6. The summed E-state index contributed by atoms with van der Waals surface area (Å²) in [5.41, 5.74) is 2.89. The van der Waals surface area contributed by atoms with Crippen molar-refractivity contribution in [2.75, 3.05) is 69.3 Å². The summed E-state index contributed by atoms with van der Waals surface area (Å²) in [5, 5.41) is 16.4. The van der Waals surface area contributed by atoms with Crippen molar-refractivity contribution < 1.29 is 13.9 Å². The highest BCUT2D eigenvalue weighted by atomic mass is 35.5. The van der Waals surface area contributed by atoms with Crippen molar-refractivity contribution in [2.45, 2.75) is 56.4 Å². The van der Waals surface area contributed by atoms with E-state index in [1.165, 1.54) is 0 Å². The number of hydrogen-bond acceptors (Lipinski definition) is 9. The van der Waals surface area contributed by atoms with Crippen LogP contribution in [-0.4, -0.2) is 103 Å². The molecule has 0 bridgehead atoms. The number of piperazine rings is 1. The van der Waals surface area contributed by atoms with Gasteiger partial charge in [0.25, 0.3) is 0 Å². The van der Waals surface area contributed by atoms with E-state index in [1.54, 1.807) is 24.2 Å². The predicted molar refractivity (Wildman–Crippen MR) is 185 cm³/mol. The molecule has 3 saturated heterocycles. The summed E-state index contributed by atoms with van der Waals surface area (Å²) < 4.78 is 18.9. The Kier molecular flexibility index (Phi) is 9.16. The van der Waals surface area contributed by atoms with E-state index in [4.69, 9.17) is 26.3 Å². The van der Waals surface area contributed by atoms with Crippen molar-refractivity contribution in [1.82, 2.24) is 25.1 Å². The zero-order valence-electron chi connectivity index (χ0n) is 27.5. The van der Waals surface area contributed by atoms with E-state index in [9.17, 15) is 14.4 Å². The molecule has 10 nitrogen and oxygen atoms in total. The summed E-state index contributed by atoms with van der Waals surface area (Å²) in [5.74, 6) is 0.737. The number of anilines is 2. The largest absolute Gasteiger partial charge is 0.467 e. The third kappa shape index (κ3) is 6.17. The first kappa shape index (κ1) is 32.6. The van der Waals surface area contributed by atoms with Gasteiger partial charge >= 0.3 is 6.01 Å². The van der Waals surface area contributed by atoms with Crippen molar-refractivity contribution in [3.05, 3.63) is 64.8 Å². The van der Waals surface area contributed by atoms with E-state index < -0.39 is 6.17 Å². The van der Waals surface area contributed by atoms with Gasteiger partial charge in [0.1, 0.15) is 12.0 Å². The van der Waals surface area contributed by atoms with E-state index in [0.29, 0.717) is 51.8 Å². The van der Waals surface area contributed by atoms with Gasteiger partial charge in [0, 0.05) is 80.0 Å².